The van der Waals surface area contributed by atoms with Gasteiger partial charge in [-0.15, -0.1) is 0 Å². The number of ether oxygens (including phenoxy) is 4. The number of carbonyl (C=O) groups is 1. The second-order valence-corrected chi connectivity index (χ2v) is 5.61. The van der Waals surface area contributed by atoms with Crippen molar-refractivity contribution in [1.29, 1.82) is 0 Å². The maximum atomic E-state index is 11.5. The molecule has 0 aliphatic carbocycles. The van der Waals surface area contributed by atoms with Gasteiger partial charge < -0.3 is 18.9 Å². The van der Waals surface area contributed by atoms with Crippen LogP contribution >= 0.6 is 0 Å². The number of pyridine rings is 2. The molecular weight excluding hydrogens is 348 g/mol. The van der Waals surface area contributed by atoms with E-state index in [1.165, 1.54) is 7.11 Å². The first-order valence-electron chi connectivity index (χ1n) is 8.43. The molecule has 7 heteroatoms. The average molecular weight is 368 g/mol. The number of esters is 1. The third-order valence-electron chi connectivity index (χ3n) is 3.88. The van der Waals surface area contributed by atoms with E-state index in [1.54, 1.807) is 43.8 Å². The molecule has 0 aliphatic heterocycles. The fraction of sp³-hybridized carbons (Fsp3) is 0.250. The van der Waals surface area contributed by atoms with Gasteiger partial charge in [-0.3, -0.25) is 9.78 Å². The Morgan fingerprint density at radius 1 is 1.04 bits per heavy atom. The summed E-state index contributed by atoms with van der Waals surface area (Å²) < 4.78 is 21.5. The monoisotopic (exact) mass is 368 g/mol. The van der Waals surface area contributed by atoms with Crippen molar-refractivity contribution in [1.82, 2.24) is 9.97 Å². The summed E-state index contributed by atoms with van der Waals surface area (Å²) in [5.41, 5.74) is 2.02. The maximum Gasteiger partial charge on any atom is 0.310 e. The van der Waals surface area contributed by atoms with Gasteiger partial charge in [0.1, 0.15) is 22.8 Å². The number of fused-ring (bicyclic) bond motifs is 1. The van der Waals surface area contributed by atoms with Gasteiger partial charge in [-0.2, -0.15) is 0 Å². The van der Waals surface area contributed by atoms with Crippen LogP contribution in [0.1, 0.15) is 12.5 Å². The summed E-state index contributed by atoms with van der Waals surface area (Å²) in [6, 6.07) is 8.82. The highest BCUT2D eigenvalue weighted by Crippen LogP contribution is 2.32. The highest BCUT2D eigenvalue weighted by atomic mass is 16.5. The fourth-order valence-electron chi connectivity index (χ4n) is 2.60. The zero-order chi connectivity index (χ0) is 19.2. The van der Waals surface area contributed by atoms with E-state index < -0.39 is 0 Å². The Labute approximate surface area is 156 Å². The third kappa shape index (κ3) is 4.25. The van der Waals surface area contributed by atoms with Gasteiger partial charge in [0.2, 0.25) is 0 Å². The van der Waals surface area contributed by atoms with Crippen molar-refractivity contribution in [2.75, 3.05) is 20.8 Å². The van der Waals surface area contributed by atoms with Crippen LogP contribution in [0.5, 0.6) is 23.0 Å². The number of hydrogen-bond acceptors (Lipinski definition) is 7. The normalized spacial score (nSPS) is 10.5. The van der Waals surface area contributed by atoms with Gasteiger partial charge in [0, 0.05) is 30.0 Å². The van der Waals surface area contributed by atoms with E-state index >= 15 is 0 Å². The molecule has 2 heterocycles. The predicted molar refractivity (Wildman–Crippen MR) is 99.5 cm³/mol. The fourth-order valence-corrected chi connectivity index (χ4v) is 2.60. The first-order valence-corrected chi connectivity index (χ1v) is 8.43. The molecule has 0 amide bonds. The number of benzene rings is 1. The van der Waals surface area contributed by atoms with Crippen LogP contribution in [-0.4, -0.2) is 36.8 Å². The second-order valence-electron chi connectivity index (χ2n) is 5.61. The van der Waals surface area contributed by atoms with Gasteiger partial charge in [-0.1, -0.05) is 6.07 Å². The van der Waals surface area contributed by atoms with Gasteiger partial charge in [0.05, 0.1) is 39.0 Å². The quantitative estimate of drug-likeness (QED) is 0.590. The van der Waals surface area contributed by atoms with E-state index in [0.717, 1.165) is 5.56 Å². The summed E-state index contributed by atoms with van der Waals surface area (Å²) in [5.74, 6) is 1.98. The predicted octanol–water partition coefficient (Wildman–Crippen LogP) is 3.54. The molecular formula is C20H20N2O5. The summed E-state index contributed by atoms with van der Waals surface area (Å²) in [7, 11) is 2.89. The van der Waals surface area contributed by atoms with Crippen LogP contribution in [0.4, 0.5) is 0 Å². The van der Waals surface area contributed by atoms with E-state index in [9.17, 15) is 4.79 Å². The van der Waals surface area contributed by atoms with Gasteiger partial charge in [-0.25, -0.2) is 4.98 Å². The third-order valence-corrected chi connectivity index (χ3v) is 3.88. The molecule has 0 unspecified atom stereocenters. The van der Waals surface area contributed by atoms with E-state index in [2.05, 4.69) is 9.97 Å². The summed E-state index contributed by atoms with van der Waals surface area (Å²) in [6.07, 6.45) is 3.41. The molecule has 0 saturated carbocycles. The zero-order valence-electron chi connectivity index (χ0n) is 15.4. The lowest BCUT2D eigenvalue weighted by molar-refractivity contribution is -0.139. The Bertz CT molecular complexity index is 958. The van der Waals surface area contributed by atoms with Gasteiger partial charge in [0.25, 0.3) is 0 Å². The van der Waals surface area contributed by atoms with Crippen LogP contribution in [-0.2, 0) is 16.0 Å². The molecule has 1 aromatic carbocycles. The number of rotatable bonds is 7. The maximum absolute atomic E-state index is 11.5. The average Bonchev–Trinajstić information content (AvgIpc) is 2.69. The van der Waals surface area contributed by atoms with Crippen molar-refractivity contribution < 1.29 is 23.7 Å². The molecule has 7 nitrogen and oxygen atoms in total. The molecule has 2 aromatic heterocycles. The first kappa shape index (κ1) is 18.4. The largest absolute Gasteiger partial charge is 0.496 e. The molecule has 0 radical (unpaired) electrons. The van der Waals surface area contributed by atoms with Crippen molar-refractivity contribution in [2.45, 2.75) is 13.3 Å². The molecule has 27 heavy (non-hydrogen) atoms. The molecule has 0 fully saturated rings. The Morgan fingerprint density at radius 2 is 1.89 bits per heavy atom. The molecule has 3 aromatic rings. The molecule has 3 rings (SSSR count). The van der Waals surface area contributed by atoms with Gasteiger partial charge in [0.15, 0.2) is 5.75 Å². The molecule has 0 spiro atoms. The minimum Gasteiger partial charge on any atom is -0.496 e. The van der Waals surface area contributed by atoms with Gasteiger partial charge in [-0.05, 0) is 13.0 Å². The van der Waals surface area contributed by atoms with Crippen LogP contribution in [0, 0.1) is 0 Å². The lowest BCUT2D eigenvalue weighted by Crippen LogP contribution is -2.06. The SMILES string of the molecule is CCOc1cnc2c(Oc3ccc(CC(=O)OC)c(OC)c3)ccnc2c1. The smallest absolute Gasteiger partial charge is 0.310 e. The Hall–Kier alpha value is -3.35. The molecule has 140 valence electrons. The lowest BCUT2D eigenvalue weighted by Gasteiger charge is -2.12. The molecule has 0 bridgehead atoms. The highest BCUT2D eigenvalue weighted by Gasteiger charge is 2.12. The Kier molecular flexibility index (Phi) is 5.71. The van der Waals surface area contributed by atoms with E-state index in [1.807, 2.05) is 13.0 Å². The molecule has 0 saturated heterocycles. The Balaban J connectivity index is 1.89. The minimum absolute atomic E-state index is 0.125. The minimum atomic E-state index is -0.337. The number of aromatic nitrogens is 2. The van der Waals surface area contributed by atoms with Gasteiger partial charge >= 0.3 is 5.97 Å². The number of methoxy groups -OCH3 is 2. The van der Waals surface area contributed by atoms with Crippen LogP contribution in [0.15, 0.2) is 42.7 Å². The molecule has 0 atom stereocenters. The van der Waals surface area contributed by atoms with Crippen LogP contribution in [0.3, 0.4) is 0 Å². The lowest BCUT2D eigenvalue weighted by atomic mass is 10.1. The first-order chi connectivity index (χ1) is 13.1. The van der Waals surface area contributed by atoms with Crippen molar-refractivity contribution in [3.63, 3.8) is 0 Å². The number of carbonyl (C=O) groups excluding carboxylic acids is 1. The summed E-state index contributed by atoms with van der Waals surface area (Å²) >= 11 is 0. The van der Waals surface area contributed by atoms with E-state index in [-0.39, 0.29) is 12.4 Å². The second kappa shape index (κ2) is 8.35. The van der Waals surface area contributed by atoms with Crippen molar-refractivity contribution >= 4 is 17.0 Å². The van der Waals surface area contributed by atoms with E-state index in [0.29, 0.717) is 40.6 Å². The van der Waals surface area contributed by atoms with Crippen LogP contribution < -0.4 is 14.2 Å². The van der Waals surface area contributed by atoms with Crippen LogP contribution in [0.2, 0.25) is 0 Å². The molecule has 0 aliphatic rings. The van der Waals surface area contributed by atoms with Crippen molar-refractivity contribution in [2.24, 2.45) is 0 Å². The Morgan fingerprint density at radius 3 is 2.63 bits per heavy atom. The summed E-state index contributed by atoms with van der Waals surface area (Å²) in [4.78, 5) is 20.2. The van der Waals surface area contributed by atoms with Crippen molar-refractivity contribution in [3.05, 3.63) is 48.3 Å². The zero-order valence-corrected chi connectivity index (χ0v) is 15.4. The summed E-state index contributed by atoms with van der Waals surface area (Å²) in [6.45, 7) is 2.47. The highest BCUT2D eigenvalue weighted by molar-refractivity contribution is 5.81. The number of hydrogen-bond donors (Lipinski definition) is 0. The van der Waals surface area contributed by atoms with E-state index in [4.69, 9.17) is 18.9 Å². The topological polar surface area (TPSA) is 79.8 Å². The van der Waals surface area contributed by atoms with Crippen LogP contribution in [0.25, 0.3) is 11.0 Å². The number of nitrogens with zero attached hydrogens (tertiary/aromatic N) is 2. The van der Waals surface area contributed by atoms with Crippen molar-refractivity contribution in [3.8, 4) is 23.0 Å². The standard InChI is InChI=1S/C20H20N2O5/c1-4-26-15-10-16-20(22-12-15)17(7-8-21-16)27-14-6-5-13(9-19(23)25-3)18(11-14)24-2/h5-8,10-12H,4,9H2,1-3H3. The molecule has 0 N–H and O–H groups in total. The summed E-state index contributed by atoms with van der Waals surface area (Å²) in [5, 5.41) is 0.